The Kier molecular flexibility index (Phi) is 4.05. The summed E-state index contributed by atoms with van der Waals surface area (Å²) in [4.78, 5) is -0.277. The summed E-state index contributed by atoms with van der Waals surface area (Å²) < 4.78 is 40.0. The van der Waals surface area contributed by atoms with Crippen LogP contribution < -0.4 is 5.73 Å². The van der Waals surface area contributed by atoms with E-state index in [2.05, 4.69) is 15.9 Å². The summed E-state index contributed by atoms with van der Waals surface area (Å²) in [6.45, 7) is 0.692. The third-order valence-corrected chi connectivity index (χ3v) is 5.44. The highest BCUT2D eigenvalue weighted by molar-refractivity contribution is 9.10. The average molecular weight is 337 g/mol. The highest BCUT2D eigenvalue weighted by Gasteiger charge is 2.30. The van der Waals surface area contributed by atoms with Crippen LogP contribution in [-0.4, -0.2) is 31.9 Å². The Morgan fingerprint density at radius 2 is 1.94 bits per heavy atom. The van der Waals surface area contributed by atoms with Gasteiger partial charge < -0.3 is 5.73 Å². The number of halogens is 2. The highest BCUT2D eigenvalue weighted by atomic mass is 79.9. The van der Waals surface area contributed by atoms with Gasteiger partial charge in [-0.05, 0) is 31.0 Å². The van der Waals surface area contributed by atoms with Crippen molar-refractivity contribution in [2.75, 3.05) is 13.1 Å². The summed E-state index contributed by atoms with van der Waals surface area (Å²) in [5.41, 5.74) is 5.73. The van der Waals surface area contributed by atoms with E-state index in [1.165, 1.54) is 16.4 Å². The molecule has 7 heteroatoms. The van der Waals surface area contributed by atoms with Crippen LogP contribution in [0.2, 0.25) is 0 Å². The lowest BCUT2D eigenvalue weighted by atomic mass is 10.1. The molecular formula is C11H14BrFN2O2S. The molecule has 0 bridgehead atoms. The maximum Gasteiger partial charge on any atom is 0.245 e. The lowest BCUT2D eigenvalue weighted by Gasteiger charge is -2.29. The van der Waals surface area contributed by atoms with Crippen LogP contribution >= 0.6 is 15.9 Å². The van der Waals surface area contributed by atoms with Crippen molar-refractivity contribution in [3.63, 3.8) is 0 Å². The van der Waals surface area contributed by atoms with Crippen molar-refractivity contribution < 1.29 is 12.8 Å². The molecular weight excluding hydrogens is 323 g/mol. The minimum absolute atomic E-state index is 0.0335. The molecule has 2 rings (SSSR count). The Bertz CT molecular complexity index is 542. The number of rotatable bonds is 2. The quantitative estimate of drug-likeness (QED) is 0.893. The second-order valence-corrected chi connectivity index (χ2v) is 7.14. The van der Waals surface area contributed by atoms with E-state index < -0.39 is 15.8 Å². The maximum atomic E-state index is 13.7. The lowest BCUT2D eigenvalue weighted by molar-refractivity contribution is 0.319. The molecule has 1 heterocycles. The number of sulfonamides is 1. The molecule has 2 N–H and O–H groups in total. The van der Waals surface area contributed by atoms with E-state index in [9.17, 15) is 12.8 Å². The molecule has 18 heavy (non-hydrogen) atoms. The van der Waals surface area contributed by atoms with Gasteiger partial charge in [0.25, 0.3) is 0 Å². The zero-order valence-corrected chi connectivity index (χ0v) is 12.0. The van der Waals surface area contributed by atoms with Crippen molar-refractivity contribution in [1.29, 1.82) is 0 Å². The van der Waals surface area contributed by atoms with Crippen molar-refractivity contribution >= 4 is 26.0 Å². The minimum Gasteiger partial charge on any atom is -0.328 e. The zero-order chi connectivity index (χ0) is 13.3. The van der Waals surface area contributed by atoms with Crippen LogP contribution in [0.25, 0.3) is 0 Å². The number of benzene rings is 1. The first-order valence-electron chi connectivity index (χ1n) is 5.62. The Morgan fingerprint density at radius 3 is 2.50 bits per heavy atom. The maximum absolute atomic E-state index is 13.7. The summed E-state index contributed by atoms with van der Waals surface area (Å²) in [6.07, 6.45) is 1.22. The predicted octanol–water partition coefficient (Wildman–Crippen LogP) is 1.70. The van der Waals surface area contributed by atoms with Crippen molar-refractivity contribution in [2.24, 2.45) is 5.73 Å². The van der Waals surface area contributed by atoms with Gasteiger partial charge in [0.15, 0.2) is 0 Å². The standard InChI is InChI=1S/C11H14BrFN2O2S/c12-8-1-2-11(10(13)7-8)18(16,17)15-5-3-9(14)4-6-15/h1-2,7,9H,3-6,14H2. The van der Waals surface area contributed by atoms with Crippen LogP contribution in [0.5, 0.6) is 0 Å². The highest BCUT2D eigenvalue weighted by Crippen LogP contribution is 2.24. The molecule has 1 fully saturated rings. The van der Waals surface area contributed by atoms with E-state index in [4.69, 9.17) is 5.73 Å². The summed E-state index contributed by atoms with van der Waals surface area (Å²) in [6, 6.07) is 3.99. The molecule has 0 spiro atoms. The lowest BCUT2D eigenvalue weighted by Crippen LogP contribution is -2.42. The summed E-state index contributed by atoms with van der Waals surface area (Å²) in [5.74, 6) is -0.737. The van der Waals surface area contributed by atoms with Crippen molar-refractivity contribution in [1.82, 2.24) is 4.31 Å². The first-order chi connectivity index (χ1) is 8.41. The third kappa shape index (κ3) is 2.74. The van der Waals surface area contributed by atoms with E-state index in [-0.39, 0.29) is 10.9 Å². The van der Waals surface area contributed by atoms with E-state index in [1.807, 2.05) is 0 Å². The number of piperidine rings is 1. The van der Waals surface area contributed by atoms with Gasteiger partial charge in [-0.25, -0.2) is 12.8 Å². The molecule has 4 nitrogen and oxygen atoms in total. The number of hydrogen-bond acceptors (Lipinski definition) is 3. The average Bonchev–Trinajstić information content (AvgIpc) is 2.29. The monoisotopic (exact) mass is 336 g/mol. The molecule has 0 amide bonds. The fourth-order valence-electron chi connectivity index (χ4n) is 1.94. The van der Waals surface area contributed by atoms with E-state index >= 15 is 0 Å². The summed E-state index contributed by atoms with van der Waals surface area (Å²) in [7, 11) is -3.75. The molecule has 1 aliphatic rings. The third-order valence-electron chi connectivity index (χ3n) is 3.01. The molecule has 0 saturated carbocycles. The summed E-state index contributed by atoms with van der Waals surface area (Å²) in [5, 5.41) is 0. The van der Waals surface area contributed by atoms with Crippen LogP contribution in [0, 0.1) is 5.82 Å². The van der Waals surface area contributed by atoms with Crippen LogP contribution in [0.3, 0.4) is 0 Å². The van der Waals surface area contributed by atoms with Crippen molar-refractivity contribution in [2.45, 2.75) is 23.8 Å². The fraction of sp³-hybridized carbons (Fsp3) is 0.455. The molecule has 1 aliphatic heterocycles. The molecule has 1 saturated heterocycles. The summed E-state index contributed by atoms with van der Waals surface area (Å²) >= 11 is 3.10. The van der Waals surface area contributed by atoms with Gasteiger partial charge in [0.1, 0.15) is 10.7 Å². The molecule has 1 aromatic carbocycles. The second kappa shape index (κ2) is 5.24. The van der Waals surface area contributed by atoms with Crippen molar-refractivity contribution in [3.8, 4) is 0 Å². The Hall–Kier alpha value is -0.500. The molecule has 0 unspecified atom stereocenters. The van der Waals surface area contributed by atoms with E-state index in [0.29, 0.717) is 30.4 Å². The molecule has 0 radical (unpaired) electrons. The van der Waals surface area contributed by atoms with Gasteiger partial charge in [0, 0.05) is 23.6 Å². The van der Waals surface area contributed by atoms with Gasteiger partial charge in [0.2, 0.25) is 10.0 Å². The fourth-order valence-corrected chi connectivity index (χ4v) is 3.79. The molecule has 0 aromatic heterocycles. The van der Waals surface area contributed by atoms with Crippen LogP contribution in [0.1, 0.15) is 12.8 Å². The smallest absolute Gasteiger partial charge is 0.245 e. The van der Waals surface area contributed by atoms with Gasteiger partial charge in [-0.3, -0.25) is 0 Å². The normalized spacial score (nSPS) is 19.1. The van der Waals surface area contributed by atoms with E-state index in [0.717, 1.165) is 6.07 Å². The topological polar surface area (TPSA) is 63.4 Å². The molecule has 1 aromatic rings. The number of nitrogens with zero attached hydrogens (tertiary/aromatic N) is 1. The largest absolute Gasteiger partial charge is 0.328 e. The first kappa shape index (κ1) is 13.9. The van der Waals surface area contributed by atoms with E-state index in [1.54, 1.807) is 0 Å². The van der Waals surface area contributed by atoms with Gasteiger partial charge in [0.05, 0.1) is 0 Å². The Labute approximate surface area is 114 Å². The predicted molar refractivity (Wildman–Crippen MR) is 70.1 cm³/mol. The molecule has 0 aliphatic carbocycles. The van der Waals surface area contributed by atoms with Crippen molar-refractivity contribution in [3.05, 3.63) is 28.5 Å². The van der Waals surface area contributed by atoms with Gasteiger partial charge in [-0.2, -0.15) is 4.31 Å². The van der Waals surface area contributed by atoms with Gasteiger partial charge >= 0.3 is 0 Å². The Balaban J connectivity index is 2.30. The van der Waals surface area contributed by atoms with Crippen LogP contribution in [0.4, 0.5) is 4.39 Å². The second-order valence-electron chi connectivity index (χ2n) is 4.32. The SMILES string of the molecule is NC1CCN(S(=O)(=O)c2ccc(Br)cc2F)CC1. The van der Waals surface area contributed by atoms with Gasteiger partial charge in [-0.15, -0.1) is 0 Å². The van der Waals surface area contributed by atoms with Gasteiger partial charge in [-0.1, -0.05) is 15.9 Å². The number of nitrogens with two attached hydrogens (primary N) is 1. The van der Waals surface area contributed by atoms with Crippen LogP contribution in [-0.2, 0) is 10.0 Å². The number of hydrogen-bond donors (Lipinski definition) is 1. The first-order valence-corrected chi connectivity index (χ1v) is 7.85. The van der Waals surface area contributed by atoms with Crippen LogP contribution in [0.15, 0.2) is 27.6 Å². The minimum atomic E-state index is -3.75. The zero-order valence-electron chi connectivity index (χ0n) is 9.64. The molecule has 0 atom stereocenters. The Morgan fingerprint density at radius 1 is 1.33 bits per heavy atom. The molecule has 100 valence electrons.